The molecule has 3 nitrogen and oxygen atoms in total. The molecule has 0 bridgehead atoms. The number of hydrogen-bond acceptors (Lipinski definition) is 2. The average Bonchev–Trinajstić information content (AvgIpc) is 2.55. The molecule has 3 rings (SSSR count). The molecule has 0 saturated carbocycles. The predicted octanol–water partition coefficient (Wildman–Crippen LogP) is 4.16. The number of anilines is 1. The summed E-state index contributed by atoms with van der Waals surface area (Å²) in [5.74, 6) is -0.110. The maximum atomic E-state index is 12.7. The standard InChI is InChI=1S/C17H13ClN2O/c1-20(12-7-3-2-4-8-12)17(21)15-11-19-16(18)14-10-6-5-9-13(14)15/h2-11H,1H3. The van der Waals surface area contributed by atoms with Crippen LogP contribution in [0.4, 0.5) is 5.69 Å². The first kappa shape index (κ1) is 13.6. The molecule has 1 amide bonds. The third-order valence-corrected chi connectivity index (χ3v) is 3.73. The second kappa shape index (κ2) is 5.54. The van der Waals surface area contributed by atoms with Gasteiger partial charge in [0.25, 0.3) is 5.91 Å². The summed E-state index contributed by atoms with van der Waals surface area (Å²) < 4.78 is 0. The number of pyridine rings is 1. The Morgan fingerprint density at radius 3 is 2.33 bits per heavy atom. The fourth-order valence-corrected chi connectivity index (χ4v) is 2.49. The van der Waals surface area contributed by atoms with Crippen molar-refractivity contribution in [3.63, 3.8) is 0 Å². The Labute approximate surface area is 127 Å². The summed E-state index contributed by atoms with van der Waals surface area (Å²) in [5, 5.41) is 2.00. The number of carbonyl (C=O) groups is 1. The van der Waals surface area contributed by atoms with E-state index >= 15 is 0 Å². The number of rotatable bonds is 2. The van der Waals surface area contributed by atoms with Crippen molar-refractivity contribution in [1.29, 1.82) is 0 Å². The highest BCUT2D eigenvalue weighted by Crippen LogP contribution is 2.26. The maximum Gasteiger partial charge on any atom is 0.260 e. The second-order valence-electron chi connectivity index (χ2n) is 4.71. The van der Waals surface area contributed by atoms with Crippen molar-refractivity contribution < 1.29 is 4.79 Å². The van der Waals surface area contributed by atoms with Gasteiger partial charge in [-0.3, -0.25) is 4.79 Å². The average molecular weight is 297 g/mol. The van der Waals surface area contributed by atoms with Crippen LogP contribution in [0.5, 0.6) is 0 Å². The third kappa shape index (κ3) is 2.48. The molecule has 104 valence electrons. The Morgan fingerprint density at radius 1 is 1.00 bits per heavy atom. The molecule has 1 heterocycles. The topological polar surface area (TPSA) is 33.2 Å². The zero-order valence-corrected chi connectivity index (χ0v) is 12.2. The summed E-state index contributed by atoms with van der Waals surface area (Å²) in [6.07, 6.45) is 1.53. The van der Waals surface area contributed by atoms with Crippen LogP contribution in [-0.2, 0) is 0 Å². The van der Waals surface area contributed by atoms with E-state index in [1.54, 1.807) is 11.9 Å². The van der Waals surface area contributed by atoms with Crippen LogP contribution in [0.3, 0.4) is 0 Å². The Balaban J connectivity index is 2.09. The highest BCUT2D eigenvalue weighted by molar-refractivity contribution is 6.35. The fourth-order valence-electron chi connectivity index (χ4n) is 2.28. The van der Waals surface area contributed by atoms with Crippen LogP contribution in [0.1, 0.15) is 10.4 Å². The number of para-hydroxylation sites is 1. The summed E-state index contributed by atoms with van der Waals surface area (Å²) in [6, 6.07) is 17.0. The molecule has 0 unspecified atom stereocenters. The molecule has 0 aliphatic rings. The Hall–Kier alpha value is -2.39. The molecule has 2 aromatic carbocycles. The molecule has 21 heavy (non-hydrogen) atoms. The summed E-state index contributed by atoms with van der Waals surface area (Å²) in [6.45, 7) is 0. The van der Waals surface area contributed by atoms with Gasteiger partial charge in [0.05, 0.1) is 5.56 Å². The summed E-state index contributed by atoms with van der Waals surface area (Å²) in [4.78, 5) is 18.4. The van der Waals surface area contributed by atoms with Crippen molar-refractivity contribution in [2.24, 2.45) is 0 Å². The summed E-state index contributed by atoms with van der Waals surface area (Å²) >= 11 is 6.09. The van der Waals surface area contributed by atoms with Crippen LogP contribution in [0.25, 0.3) is 10.8 Å². The van der Waals surface area contributed by atoms with Crippen LogP contribution in [-0.4, -0.2) is 17.9 Å². The van der Waals surface area contributed by atoms with Gasteiger partial charge in [-0.05, 0) is 17.5 Å². The predicted molar refractivity (Wildman–Crippen MR) is 85.9 cm³/mol. The van der Waals surface area contributed by atoms with Gasteiger partial charge < -0.3 is 4.90 Å². The highest BCUT2D eigenvalue weighted by Gasteiger charge is 2.17. The van der Waals surface area contributed by atoms with Gasteiger partial charge in [0, 0.05) is 24.3 Å². The number of hydrogen-bond donors (Lipinski definition) is 0. The number of benzene rings is 2. The van der Waals surface area contributed by atoms with Gasteiger partial charge >= 0.3 is 0 Å². The van der Waals surface area contributed by atoms with Crippen molar-refractivity contribution in [1.82, 2.24) is 4.98 Å². The number of carbonyl (C=O) groups excluding carboxylic acids is 1. The van der Waals surface area contributed by atoms with Gasteiger partial charge in [-0.25, -0.2) is 4.98 Å². The van der Waals surface area contributed by atoms with Crippen molar-refractivity contribution in [3.8, 4) is 0 Å². The van der Waals surface area contributed by atoms with Crippen molar-refractivity contribution in [3.05, 3.63) is 71.5 Å². The molecule has 0 saturated heterocycles. The molecular weight excluding hydrogens is 284 g/mol. The summed E-state index contributed by atoms with van der Waals surface area (Å²) in [5.41, 5.74) is 1.38. The number of fused-ring (bicyclic) bond motifs is 1. The minimum Gasteiger partial charge on any atom is -0.311 e. The zero-order valence-electron chi connectivity index (χ0n) is 11.5. The van der Waals surface area contributed by atoms with E-state index < -0.39 is 0 Å². The first-order valence-corrected chi connectivity index (χ1v) is 6.92. The largest absolute Gasteiger partial charge is 0.311 e. The minimum absolute atomic E-state index is 0.110. The Morgan fingerprint density at radius 2 is 1.62 bits per heavy atom. The van der Waals surface area contributed by atoms with Crippen molar-refractivity contribution >= 4 is 34.0 Å². The van der Waals surface area contributed by atoms with Gasteiger partial charge in [-0.1, -0.05) is 54.1 Å². The molecule has 0 radical (unpaired) electrons. The lowest BCUT2D eigenvalue weighted by Crippen LogP contribution is -2.26. The van der Waals surface area contributed by atoms with Gasteiger partial charge in [0.1, 0.15) is 5.15 Å². The smallest absolute Gasteiger partial charge is 0.260 e. The van der Waals surface area contributed by atoms with Gasteiger partial charge in [0.2, 0.25) is 0 Å². The lowest BCUT2D eigenvalue weighted by Gasteiger charge is -2.18. The minimum atomic E-state index is -0.110. The maximum absolute atomic E-state index is 12.7. The van der Waals surface area contributed by atoms with Crippen molar-refractivity contribution in [2.75, 3.05) is 11.9 Å². The third-order valence-electron chi connectivity index (χ3n) is 3.43. The van der Waals surface area contributed by atoms with Gasteiger partial charge in [-0.15, -0.1) is 0 Å². The van der Waals surface area contributed by atoms with E-state index in [1.165, 1.54) is 6.20 Å². The lowest BCUT2D eigenvalue weighted by atomic mass is 10.1. The molecular formula is C17H13ClN2O. The van der Waals surface area contributed by atoms with E-state index in [4.69, 9.17) is 11.6 Å². The van der Waals surface area contributed by atoms with Gasteiger partial charge in [0.15, 0.2) is 0 Å². The molecule has 0 aliphatic heterocycles. The normalized spacial score (nSPS) is 10.6. The van der Waals surface area contributed by atoms with E-state index in [-0.39, 0.29) is 5.91 Å². The monoisotopic (exact) mass is 296 g/mol. The van der Waals surface area contributed by atoms with Crippen LogP contribution in [0.15, 0.2) is 60.8 Å². The molecule has 4 heteroatoms. The van der Waals surface area contributed by atoms with Crippen LogP contribution in [0, 0.1) is 0 Å². The second-order valence-corrected chi connectivity index (χ2v) is 5.07. The molecule has 0 spiro atoms. The van der Waals surface area contributed by atoms with Gasteiger partial charge in [-0.2, -0.15) is 0 Å². The molecule has 1 aromatic heterocycles. The van der Waals surface area contributed by atoms with Crippen molar-refractivity contribution in [2.45, 2.75) is 0 Å². The van der Waals surface area contributed by atoms with Crippen LogP contribution >= 0.6 is 11.6 Å². The van der Waals surface area contributed by atoms with E-state index in [1.807, 2.05) is 54.6 Å². The fraction of sp³-hybridized carbons (Fsp3) is 0.0588. The number of aromatic nitrogens is 1. The molecule has 0 aliphatic carbocycles. The van der Waals surface area contributed by atoms with E-state index in [0.717, 1.165) is 16.5 Å². The molecule has 0 fully saturated rings. The van der Waals surface area contributed by atoms with Crippen LogP contribution < -0.4 is 4.90 Å². The van der Waals surface area contributed by atoms with Crippen LogP contribution in [0.2, 0.25) is 5.15 Å². The first-order valence-electron chi connectivity index (χ1n) is 6.55. The lowest BCUT2D eigenvalue weighted by molar-refractivity contribution is 0.0994. The number of amides is 1. The Bertz CT molecular complexity index is 802. The zero-order chi connectivity index (χ0) is 14.8. The first-order chi connectivity index (χ1) is 10.2. The highest BCUT2D eigenvalue weighted by atomic mass is 35.5. The quantitative estimate of drug-likeness (QED) is 0.665. The van der Waals surface area contributed by atoms with E-state index in [2.05, 4.69) is 4.98 Å². The van der Waals surface area contributed by atoms with E-state index in [0.29, 0.717) is 10.7 Å². The summed E-state index contributed by atoms with van der Waals surface area (Å²) in [7, 11) is 1.75. The molecule has 0 atom stereocenters. The molecule has 3 aromatic rings. The SMILES string of the molecule is CN(C(=O)c1cnc(Cl)c2ccccc12)c1ccccc1. The number of halogens is 1. The molecule has 0 N–H and O–H groups in total. The number of nitrogens with zero attached hydrogens (tertiary/aromatic N) is 2. The van der Waals surface area contributed by atoms with E-state index in [9.17, 15) is 4.79 Å². The Kier molecular flexibility index (Phi) is 3.59.